The Balaban J connectivity index is 1.37. The second-order valence-corrected chi connectivity index (χ2v) is 7.92. The molecule has 0 radical (unpaired) electrons. The molecule has 1 fully saturated rings. The number of piperidine rings is 1. The van der Waals surface area contributed by atoms with Crippen molar-refractivity contribution >= 4 is 11.7 Å². The number of amides is 1. The minimum absolute atomic E-state index is 0.0383. The summed E-state index contributed by atoms with van der Waals surface area (Å²) in [5.74, 6) is 0.910. The zero-order valence-corrected chi connectivity index (χ0v) is 17.4. The van der Waals surface area contributed by atoms with Gasteiger partial charge in [0, 0.05) is 25.8 Å². The van der Waals surface area contributed by atoms with E-state index < -0.39 is 0 Å². The van der Waals surface area contributed by atoms with Crippen molar-refractivity contribution in [2.24, 2.45) is 5.92 Å². The molecular weight excluding hydrogens is 384 g/mol. The second-order valence-electron chi connectivity index (χ2n) is 7.92. The third-order valence-electron chi connectivity index (χ3n) is 5.91. The van der Waals surface area contributed by atoms with E-state index in [1.165, 1.54) is 0 Å². The number of aromatic nitrogens is 1. The molecule has 1 aromatic heterocycles. The maximum Gasteiger partial charge on any atom is 0.232 e. The largest absolute Gasteiger partial charge is 0.356 e. The first-order valence-corrected chi connectivity index (χ1v) is 10.7. The lowest BCUT2D eigenvalue weighted by atomic mass is 9.90. The number of rotatable bonds is 6. The van der Waals surface area contributed by atoms with Crippen LogP contribution in [0.1, 0.15) is 35.4 Å². The van der Waals surface area contributed by atoms with Crippen molar-refractivity contribution in [2.45, 2.75) is 18.8 Å². The molecule has 156 valence electrons. The van der Waals surface area contributed by atoms with Gasteiger partial charge in [0.2, 0.25) is 5.91 Å². The third-order valence-corrected chi connectivity index (χ3v) is 5.91. The molecular formula is C26H26N4O. The number of hydrogen-bond acceptors (Lipinski definition) is 4. The van der Waals surface area contributed by atoms with Crippen molar-refractivity contribution in [1.29, 1.82) is 5.26 Å². The Hall–Kier alpha value is -3.65. The zero-order chi connectivity index (χ0) is 21.5. The van der Waals surface area contributed by atoms with E-state index in [0.29, 0.717) is 18.0 Å². The fourth-order valence-electron chi connectivity index (χ4n) is 4.22. The fraction of sp³-hybridized carbons (Fsp3) is 0.269. The van der Waals surface area contributed by atoms with E-state index in [-0.39, 0.29) is 11.8 Å². The Labute approximate surface area is 183 Å². The molecule has 5 heteroatoms. The van der Waals surface area contributed by atoms with Crippen LogP contribution < -0.4 is 10.2 Å². The van der Waals surface area contributed by atoms with Crippen LogP contribution in [0.2, 0.25) is 0 Å². The highest BCUT2D eigenvalue weighted by atomic mass is 16.1. The van der Waals surface area contributed by atoms with Gasteiger partial charge in [-0.2, -0.15) is 5.26 Å². The van der Waals surface area contributed by atoms with Crippen LogP contribution in [0, 0.1) is 17.2 Å². The van der Waals surface area contributed by atoms with Crippen molar-refractivity contribution in [1.82, 2.24) is 10.3 Å². The molecule has 31 heavy (non-hydrogen) atoms. The lowest BCUT2D eigenvalue weighted by Crippen LogP contribution is -2.40. The summed E-state index contributed by atoms with van der Waals surface area (Å²) >= 11 is 0. The van der Waals surface area contributed by atoms with E-state index in [0.717, 1.165) is 42.9 Å². The fourth-order valence-corrected chi connectivity index (χ4v) is 4.22. The third kappa shape index (κ3) is 4.92. The zero-order valence-electron chi connectivity index (χ0n) is 17.4. The van der Waals surface area contributed by atoms with Crippen LogP contribution in [0.5, 0.6) is 0 Å². The van der Waals surface area contributed by atoms with Gasteiger partial charge in [0.1, 0.15) is 11.9 Å². The second kappa shape index (κ2) is 9.90. The van der Waals surface area contributed by atoms with Gasteiger partial charge in [0.05, 0.1) is 11.5 Å². The van der Waals surface area contributed by atoms with Crippen molar-refractivity contribution in [3.8, 4) is 6.07 Å². The predicted octanol–water partition coefficient (Wildman–Crippen LogP) is 4.12. The summed E-state index contributed by atoms with van der Waals surface area (Å²) in [6.45, 7) is 2.34. The SMILES string of the molecule is N#Cc1cccnc1N1CCC(CNC(=O)C(c2ccccc2)c2ccccc2)CC1. The summed E-state index contributed by atoms with van der Waals surface area (Å²) in [6, 6.07) is 25.7. The van der Waals surface area contributed by atoms with E-state index in [1.54, 1.807) is 12.3 Å². The Morgan fingerprint density at radius 3 is 2.19 bits per heavy atom. The summed E-state index contributed by atoms with van der Waals surface area (Å²) in [6.07, 6.45) is 3.65. The number of benzene rings is 2. The van der Waals surface area contributed by atoms with Gasteiger partial charge >= 0.3 is 0 Å². The van der Waals surface area contributed by atoms with Crippen molar-refractivity contribution in [3.63, 3.8) is 0 Å². The van der Waals surface area contributed by atoms with E-state index in [2.05, 4.69) is 21.3 Å². The van der Waals surface area contributed by atoms with Crippen LogP contribution in [-0.4, -0.2) is 30.5 Å². The predicted molar refractivity (Wildman–Crippen MR) is 122 cm³/mol. The molecule has 0 aliphatic carbocycles. The molecule has 0 saturated carbocycles. The number of carbonyl (C=O) groups is 1. The van der Waals surface area contributed by atoms with E-state index in [9.17, 15) is 10.1 Å². The van der Waals surface area contributed by atoms with Gasteiger partial charge in [0.15, 0.2) is 0 Å². The van der Waals surface area contributed by atoms with Crippen LogP contribution in [0.15, 0.2) is 79.0 Å². The minimum atomic E-state index is -0.311. The number of anilines is 1. The number of nitriles is 1. The number of nitrogens with one attached hydrogen (secondary N) is 1. The van der Waals surface area contributed by atoms with Gasteiger partial charge in [-0.15, -0.1) is 0 Å². The van der Waals surface area contributed by atoms with Gasteiger partial charge < -0.3 is 10.2 Å². The molecule has 5 nitrogen and oxygen atoms in total. The van der Waals surface area contributed by atoms with E-state index in [1.807, 2.05) is 66.7 Å². The standard InChI is InChI=1S/C26H26N4O/c27-18-23-12-7-15-28-25(23)30-16-13-20(14-17-30)19-29-26(31)24(21-8-3-1-4-9-21)22-10-5-2-6-11-22/h1-12,15,20,24H,13-14,16-17,19H2,(H,29,31). The van der Waals surface area contributed by atoms with Crippen LogP contribution in [0.3, 0.4) is 0 Å². The quantitative estimate of drug-likeness (QED) is 0.664. The molecule has 2 aromatic carbocycles. The summed E-state index contributed by atoms with van der Waals surface area (Å²) in [4.78, 5) is 19.8. The highest BCUT2D eigenvalue weighted by Gasteiger charge is 2.25. The van der Waals surface area contributed by atoms with Gasteiger partial charge in [0.25, 0.3) is 0 Å². The normalized spacial score (nSPS) is 14.3. The highest BCUT2D eigenvalue weighted by molar-refractivity contribution is 5.87. The molecule has 2 heterocycles. The summed E-state index contributed by atoms with van der Waals surface area (Å²) < 4.78 is 0. The Morgan fingerprint density at radius 1 is 1.00 bits per heavy atom. The number of nitrogens with zero attached hydrogens (tertiary/aromatic N) is 3. The van der Waals surface area contributed by atoms with Gasteiger partial charge in [-0.3, -0.25) is 4.79 Å². The van der Waals surface area contributed by atoms with E-state index in [4.69, 9.17) is 0 Å². The van der Waals surface area contributed by atoms with Gasteiger partial charge in [-0.05, 0) is 42.0 Å². The Kier molecular flexibility index (Phi) is 6.59. The first kappa shape index (κ1) is 20.6. The molecule has 4 rings (SSSR count). The van der Waals surface area contributed by atoms with Crippen LogP contribution >= 0.6 is 0 Å². The lowest BCUT2D eigenvalue weighted by Gasteiger charge is -2.33. The number of pyridine rings is 1. The maximum absolute atomic E-state index is 13.2. The first-order valence-electron chi connectivity index (χ1n) is 10.7. The molecule has 1 aliphatic heterocycles. The molecule has 0 atom stereocenters. The van der Waals surface area contributed by atoms with Gasteiger partial charge in [-0.25, -0.2) is 4.98 Å². The van der Waals surface area contributed by atoms with Crippen LogP contribution in [0.4, 0.5) is 5.82 Å². The topological polar surface area (TPSA) is 69.0 Å². The molecule has 1 saturated heterocycles. The highest BCUT2D eigenvalue weighted by Crippen LogP contribution is 2.26. The average Bonchev–Trinajstić information content (AvgIpc) is 2.84. The smallest absolute Gasteiger partial charge is 0.232 e. The molecule has 3 aromatic rings. The summed E-state index contributed by atoms with van der Waals surface area (Å²) in [7, 11) is 0. The first-order chi connectivity index (χ1) is 15.3. The van der Waals surface area contributed by atoms with Crippen molar-refractivity contribution in [2.75, 3.05) is 24.5 Å². The molecule has 1 aliphatic rings. The molecule has 0 unspecified atom stereocenters. The minimum Gasteiger partial charge on any atom is -0.356 e. The number of carbonyl (C=O) groups excluding carboxylic acids is 1. The Bertz CT molecular complexity index is 998. The summed E-state index contributed by atoms with van der Waals surface area (Å²) in [5.41, 5.74) is 2.61. The molecule has 1 amide bonds. The number of hydrogen-bond donors (Lipinski definition) is 1. The Morgan fingerprint density at radius 2 is 1.61 bits per heavy atom. The molecule has 1 N–H and O–H groups in total. The van der Waals surface area contributed by atoms with Gasteiger partial charge in [-0.1, -0.05) is 60.7 Å². The molecule has 0 bridgehead atoms. The van der Waals surface area contributed by atoms with E-state index >= 15 is 0 Å². The average molecular weight is 411 g/mol. The lowest BCUT2D eigenvalue weighted by molar-refractivity contribution is -0.121. The maximum atomic E-state index is 13.2. The van der Waals surface area contributed by atoms with Crippen molar-refractivity contribution < 1.29 is 4.79 Å². The van der Waals surface area contributed by atoms with Crippen LogP contribution in [0.25, 0.3) is 0 Å². The summed E-state index contributed by atoms with van der Waals surface area (Å²) in [5, 5.41) is 12.5. The van der Waals surface area contributed by atoms with Crippen LogP contribution in [-0.2, 0) is 4.79 Å². The monoisotopic (exact) mass is 410 g/mol. The van der Waals surface area contributed by atoms with Crippen molar-refractivity contribution in [3.05, 3.63) is 95.7 Å². The molecule has 0 spiro atoms.